The molecule has 7 aliphatic rings. The average molecular weight is 615 g/mol. The molecule has 0 aromatic heterocycles. The van der Waals surface area contributed by atoms with E-state index in [1.807, 2.05) is 19.9 Å². The highest BCUT2D eigenvalue weighted by atomic mass is 16.9. The number of allylic oxidation sites excluding steroid dienone is 1. The summed E-state index contributed by atoms with van der Waals surface area (Å²) in [5, 5.41) is 35.7. The van der Waals surface area contributed by atoms with Gasteiger partial charge in [-0.2, -0.15) is 0 Å². The van der Waals surface area contributed by atoms with Crippen LogP contribution in [-0.4, -0.2) is 74.4 Å². The van der Waals surface area contributed by atoms with Crippen molar-refractivity contribution in [2.75, 3.05) is 6.61 Å². The van der Waals surface area contributed by atoms with E-state index in [4.69, 9.17) is 18.9 Å². The number of carbonyl (C=O) groups is 1. The van der Waals surface area contributed by atoms with Gasteiger partial charge in [-0.3, -0.25) is 4.79 Å². The van der Waals surface area contributed by atoms with E-state index in [0.717, 1.165) is 37.7 Å². The van der Waals surface area contributed by atoms with E-state index in [0.29, 0.717) is 6.42 Å². The highest BCUT2D eigenvalue weighted by Gasteiger charge is 2.89. The van der Waals surface area contributed by atoms with Crippen LogP contribution in [0.25, 0.3) is 0 Å². The molecule has 14 unspecified atom stereocenters. The maximum absolute atomic E-state index is 14.4. The molecule has 3 aliphatic carbocycles. The molecule has 2 spiro atoms. The summed E-state index contributed by atoms with van der Waals surface area (Å²) in [6, 6.07) is 0. The van der Waals surface area contributed by atoms with Crippen molar-refractivity contribution >= 4 is 5.78 Å². The Kier molecular flexibility index (Phi) is 7.65. The number of epoxide rings is 1. The van der Waals surface area contributed by atoms with E-state index >= 15 is 0 Å². The van der Waals surface area contributed by atoms with E-state index in [9.17, 15) is 20.1 Å². The topological polar surface area (TPSA) is 118 Å². The predicted molar refractivity (Wildman–Crippen MR) is 163 cm³/mol. The second-order valence-electron chi connectivity index (χ2n) is 15.7. The van der Waals surface area contributed by atoms with Gasteiger partial charge in [0.05, 0.1) is 12.2 Å². The Morgan fingerprint density at radius 3 is 2.30 bits per heavy atom. The van der Waals surface area contributed by atoms with Crippen LogP contribution in [0.5, 0.6) is 0 Å². The molecule has 7 rings (SSSR count). The molecule has 8 nitrogen and oxygen atoms in total. The van der Waals surface area contributed by atoms with Gasteiger partial charge < -0.3 is 34.3 Å². The Balaban J connectivity index is 1.41. The van der Waals surface area contributed by atoms with Gasteiger partial charge in [-0.1, -0.05) is 91.2 Å². The number of aliphatic hydroxyl groups is 3. The summed E-state index contributed by atoms with van der Waals surface area (Å²) in [5.41, 5.74) is -4.79. The Labute approximate surface area is 262 Å². The van der Waals surface area contributed by atoms with Gasteiger partial charge in [-0.15, -0.1) is 0 Å². The van der Waals surface area contributed by atoms with Crippen LogP contribution in [0.2, 0.25) is 0 Å². The maximum Gasteiger partial charge on any atom is 0.306 e. The third-order valence-corrected chi connectivity index (χ3v) is 13.3. The van der Waals surface area contributed by atoms with Gasteiger partial charge in [-0.25, -0.2) is 0 Å². The normalized spacial score (nSPS) is 55.4. The lowest BCUT2D eigenvalue weighted by Gasteiger charge is -2.61. The van der Waals surface area contributed by atoms with E-state index in [1.54, 1.807) is 0 Å². The minimum Gasteiger partial charge on any atom is -0.393 e. The molecule has 3 N–H and O–H groups in total. The quantitative estimate of drug-likeness (QED) is 0.295. The summed E-state index contributed by atoms with van der Waals surface area (Å²) in [4.78, 5) is 14.4. The Morgan fingerprint density at radius 1 is 0.977 bits per heavy atom. The van der Waals surface area contributed by atoms with Gasteiger partial charge in [-0.05, 0) is 49.5 Å². The first-order valence-electron chi connectivity index (χ1n) is 17.6. The maximum atomic E-state index is 14.4. The van der Waals surface area contributed by atoms with Crippen molar-refractivity contribution in [1.82, 2.24) is 0 Å². The fourth-order valence-electron chi connectivity index (χ4n) is 11.2. The molecule has 3 saturated carbocycles. The molecule has 246 valence electrons. The Hall–Kier alpha value is -1.13. The van der Waals surface area contributed by atoms with Crippen LogP contribution in [0, 0.1) is 35.5 Å². The lowest BCUT2D eigenvalue weighted by Crippen LogP contribution is -2.73. The highest BCUT2D eigenvalue weighted by Crippen LogP contribution is 2.74. The summed E-state index contributed by atoms with van der Waals surface area (Å²) in [7, 11) is 0. The molecular formula is C36H54O8. The average Bonchev–Trinajstić information content (AvgIpc) is 3.63. The zero-order valence-electron chi connectivity index (χ0n) is 27.1. The number of hydrogen-bond acceptors (Lipinski definition) is 8. The zero-order valence-corrected chi connectivity index (χ0v) is 27.1. The fourth-order valence-corrected chi connectivity index (χ4v) is 11.2. The molecule has 4 aliphatic heterocycles. The van der Waals surface area contributed by atoms with Crippen molar-refractivity contribution < 1.29 is 39.1 Å². The van der Waals surface area contributed by atoms with Crippen molar-refractivity contribution in [3.63, 3.8) is 0 Å². The third-order valence-electron chi connectivity index (χ3n) is 13.3. The molecular weight excluding hydrogens is 560 g/mol. The summed E-state index contributed by atoms with van der Waals surface area (Å²) >= 11 is 0. The van der Waals surface area contributed by atoms with E-state index in [2.05, 4.69) is 26.5 Å². The van der Waals surface area contributed by atoms with Gasteiger partial charge in [0.15, 0.2) is 11.4 Å². The number of ketones is 1. The molecule has 0 aromatic rings. The van der Waals surface area contributed by atoms with Gasteiger partial charge in [0.25, 0.3) is 0 Å². The van der Waals surface area contributed by atoms with Gasteiger partial charge in [0.1, 0.15) is 29.5 Å². The molecule has 44 heavy (non-hydrogen) atoms. The van der Waals surface area contributed by atoms with Gasteiger partial charge >= 0.3 is 5.97 Å². The molecule has 8 heteroatoms. The van der Waals surface area contributed by atoms with Gasteiger partial charge in [0.2, 0.25) is 0 Å². The number of ether oxygens (including phenoxy) is 4. The molecule has 3 saturated heterocycles. The van der Waals surface area contributed by atoms with Crippen LogP contribution in [0.3, 0.4) is 0 Å². The third kappa shape index (κ3) is 3.97. The zero-order chi connectivity index (χ0) is 31.3. The molecule has 14 atom stereocenters. The SMILES string of the molecule is C=C(C)C12CC(C)C34OC5(C=CCCCCCCCCCCCC(C)C6C(C)C(=O)C(O)(C(O)C7(CO)OC7C3C1O5)C64)O2. The fraction of sp³-hybridized carbons (Fsp3) is 0.861. The van der Waals surface area contributed by atoms with E-state index in [1.165, 1.54) is 38.5 Å². The summed E-state index contributed by atoms with van der Waals surface area (Å²) < 4.78 is 27.4. The summed E-state index contributed by atoms with van der Waals surface area (Å²) in [6.07, 6.45) is 14.3. The van der Waals surface area contributed by atoms with Gasteiger partial charge in [0, 0.05) is 23.8 Å². The van der Waals surface area contributed by atoms with Crippen molar-refractivity contribution in [1.29, 1.82) is 0 Å². The van der Waals surface area contributed by atoms with Crippen LogP contribution in [0.1, 0.15) is 105 Å². The largest absolute Gasteiger partial charge is 0.393 e. The molecule has 0 amide bonds. The first-order valence-corrected chi connectivity index (χ1v) is 17.6. The predicted octanol–water partition coefficient (Wildman–Crippen LogP) is 4.98. The van der Waals surface area contributed by atoms with E-state index < -0.39 is 71.0 Å². The minimum atomic E-state index is -2.15. The van der Waals surface area contributed by atoms with Crippen molar-refractivity contribution in [2.24, 2.45) is 35.5 Å². The second kappa shape index (κ2) is 10.7. The lowest BCUT2D eigenvalue weighted by molar-refractivity contribution is -0.412. The first-order chi connectivity index (χ1) is 21.0. The summed E-state index contributed by atoms with van der Waals surface area (Å²) in [6.45, 7) is 12.1. The number of fused-ring (bicyclic) bond motifs is 1. The summed E-state index contributed by atoms with van der Waals surface area (Å²) in [5.74, 6) is -3.92. The lowest BCUT2D eigenvalue weighted by atomic mass is 9.52. The van der Waals surface area contributed by atoms with Crippen LogP contribution >= 0.6 is 0 Å². The number of Topliss-reactive ketones (excluding diaryl/α,β-unsaturated/α-hetero) is 1. The monoisotopic (exact) mass is 614 g/mol. The van der Waals surface area contributed by atoms with Crippen molar-refractivity contribution in [3.8, 4) is 0 Å². The molecule has 0 aromatic carbocycles. The smallest absolute Gasteiger partial charge is 0.306 e. The standard InChI is InChI=1S/C36H54O8/c1-21(2)32-19-23(4)36-26-29(32)42-34(43-32,44-36)18-16-14-12-10-8-6-7-9-11-13-15-17-22(3)25-24(5)28(38)35(40,27(25)36)31(39)33(20-37)30(26)41-33/h16,18,22-27,29-31,37,39-40H,1,6-15,17,19-20H2,2-5H3. The number of carbonyl (C=O) groups excluding carboxylic acids is 1. The molecule has 4 heterocycles. The van der Waals surface area contributed by atoms with Crippen molar-refractivity contribution in [2.45, 2.75) is 151 Å². The first kappa shape index (κ1) is 31.5. The Morgan fingerprint density at radius 2 is 1.64 bits per heavy atom. The second-order valence-corrected chi connectivity index (χ2v) is 15.7. The molecule has 6 fully saturated rings. The number of hydrogen-bond donors (Lipinski definition) is 3. The van der Waals surface area contributed by atoms with Crippen LogP contribution in [0.4, 0.5) is 0 Å². The molecule has 3 bridgehead atoms. The highest BCUT2D eigenvalue weighted by molar-refractivity contribution is 5.93. The number of rotatable bonds is 2. The molecule has 0 radical (unpaired) electrons. The Bertz CT molecular complexity index is 1200. The van der Waals surface area contributed by atoms with Crippen molar-refractivity contribution in [3.05, 3.63) is 24.3 Å². The van der Waals surface area contributed by atoms with Crippen LogP contribution < -0.4 is 0 Å². The van der Waals surface area contributed by atoms with Crippen LogP contribution in [-0.2, 0) is 23.7 Å². The van der Waals surface area contributed by atoms with Crippen LogP contribution in [0.15, 0.2) is 24.3 Å². The minimum absolute atomic E-state index is 0.106. The number of aliphatic hydroxyl groups excluding tert-OH is 2. The van der Waals surface area contributed by atoms with E-state index in [-0.39, 0.29) is 23.5 Å².